The van der Waals surface area contributed by atoms with Crippen LogP contribution in [0.4, 0.5) is 5.82 Å². The third-order valence-electron chi connectivity index (χ3n) is 2.92. The fourth-order valence-electron chi connectivity index (χ4n) is 1.85. The zero-order valence-corrected chi connectivity index (χ0v) is 11.2. The number of aromatic nitrogens is 1. The summed E-state index contributed by atoms with van der Waals surface area (Å²) >= 11 is 0. The first-order valence-corrected chi connectivity index (χ1v) is 6.27. The Bertz CT molecular complexity index is 544. The number of hydrogen-bond acceptors (Lipinski definition) is 3. The van der Waals surface area contributed by atoms with Crippen LogP contribution in [0.15, 0.2) is 30.5 Å². The van der Waals surface area contributed by atoms with E-state index in [4.69, 9.17) is 0 Å². The Labute approximate surface area is 108 Å². The molecule has 0 unspecified atom stereocenters. The predicted octanol–water partition coefficient (Wildman–Crippen LogP) is 3.79. The minimum atomic E-state index is 0.273. The molecule has 0 saturated heterocycles. The first-order chi connectivity index (χ1) is 8.46. The zero-order valence-electron chi connectivity index (χ0n) is 11.2. The number of hydrogen-bond donors (Lipinski definition) is 2. The minimum absolute atomic E-state index is 0.273. The van der Waals surface area contributed by atoms with Crippen molar-refractivity contribution in [2.45, 2.75) is 27.2 Å². The number of aromatic hydroxyl groups is 1. The highest BCUT2D eigenvalue weighted by Crippen LogP contribution is 2.25. The van der Waals surface area contributed by atoms with E-state index in [1.54, 1.807) is 18.3 Å². The second kappa shape index (κ2) is 4.84. The summed E-state index contributed by atoms with van der Waals surface area (Å²) in [7, 11) is 0. The molecule has 3 nitrogen and oxygen atoms in total. The number of nitrogens with one attached hydrogen (secondary N) is 1. The van der Waals surface area contributed by atoms with E-state index in [0.29, 0.717) is 5.41 Å². The van der Waals surface area contributed by atoms with Gasteiger partial charge in [-0.25, -0.2) is 4.98 Å². The largest absolute Gasteiger partial charge is 0.508 e. The SMILES string of the molecule is CC(C)(C)CCNc1nccc2ccc(O)cc12. The first-order valence-electron chi connectivity index (χ1n) is 6.27. The van der Waals surface area contributed by atoms with Gasteiger partial charge in [-0.15, -0.1) is 0 Å². The standard InChI is InChI=1S/C15H20N2O/c1-15(2,3)7-9-17-14-13-10-12(18)5-4-11(13)6-8-16-14/h4-6,8,10,18H,7,9H2,1-3H3,(H,16,17). The van der Waals surface area contributed by atoms with Gasteiger partial charge in [0.25, 0.3) is 0 Å². The molecule has 0 aliphatic heterocycles. The lowest BCUT2D eigenvalue weighted by Gasteiger charge is -2.18. The molecule has 1 aromatic heterocycles. The molecular weight excluding hydrogens is 224 g/mol. The van der Waals surface area contributed by atoms with Crippen LogP contribution in [0.5, 0.6) is 5.75 Å². The number of benzene rings is 1. The van der Waals surface area contributed by atoms with E-state index in [9.17, 15) is 5.11 Å². The van der Waals surface area contributed by atoms with Crippen LogP contribution < -0.4 is 5.32 Å². The molecule has 1 aromatic carbocycles. The summed E-state index contributed by atoms with van der Waals surface area (Å²) in [4.78, 5) is 4.35. The van der Waals surface area contributed by atoms with Gasteiger partial charge in [-0.2, -0.15) is 0 Å². The van der Waals surface area contributed by atoms with E-state index in [1.165, 1.54) is 0 Å². The van der Waals surface area contributed by atoms with Crippen molar-refractivity contribution in [1.82, 2.24) is 4.98 Å². The number of rotatable bonds is 3. The smallest absolute Gasteiger partial charge is 0.133 e. The van der Waals surface area contributed by atoms with E-state index in [1.807, 2.05) is 12.1 Å². The molecule has 0 saturated carbocycles. The lowest BCUT2D eigenvalue weighted by atomic mass is 9.92. The van der Waals surface area contributed by atoms with E-state index in [0.717, 1.165) is 29.6 Å². The van der Waals surface area contributed by atoms with Gasteiger partial charge >= 0.3 is 0 Å². The number of anilines is 1. The second-order valence-electron chi connectivity index (χ2n) is 5.80. The molecule has 2 N–H and O–H groups in total. The summed E-state index contributed by atoms with van der Waals surface area (Å²) in [5.41, 5.74) is 0.305. The Morgan fingerprint density at radius 2 is 2.00 bits per heavy atom. The number of phenolic OH excluding ortho intramolecular Hbond substituents is 1. The quantitative estimate of drug-likeness (QED) is 0.863. The second-order valence-corrected chi connectivity index (χ2v) is 5.80. The molecular formula is C15H20N2O. The summed E-state index contributed by atoms with van der Waals surface area (Å²) < 4.78 is 0. The summed E-state index contributed by atoms with van der Waals surface area (Å²) in [6.07, 6.45) is 2.86. The van der Waals surface area contributed by atoms with Crippen molar-refractivity contribution < 1.29 is 5.11 Å². The molecule has 0 radical (unpaired) electrons. The molecule has 0 spiro atoms. The van der Waals surface area contributed by atoms with Crippen LogP contribution in [0.3, 0.4) is 0 Å². The Morgan fingerprint density at radius 3 is 2.72 bits per heavy atom. The van der Waals surface area contributed by atoms with E-state index in [2.05, 4.69) is 31.1 Å². The third-order valence-corrected chi connectivity index (χ3v) is 2.92. The molecule has 96 valence electrons. The lowest BCUT2D eigenvalue weighted by molar-refractivity contribution is 0.389. The van der Waals surface area contributed by atoms with Crippen molar-refractivity contribution in [2.24, 2.45) is 5.41 Å². The van der Waals surface area contributed by atoms with Gasteiger partial charge in [-0.05, 0) is 35.4 Å². The Morgan fingerprint density at radius 1 is 1.22 bits per heavy atom. The number of phenols is 1. The van der Waals surface area contributed by atoms with E-state index >= 15 is 0 Å². The first kappa shape index (κ1) is 12.7. The fourth-order valence-corrected chi connectivity index (χ4v) is 1.85. The maximum absolute atomic E-state index is 9.55. The average Bonchev–Trinajstić information content (AvgIpc) is 2.28. The maximum atomic E-state index is 9.55. The van der Waals surface area contributed by atoms with Gasteiger partial charge in [0.15, 0.2) is 0 Å². The van der Waals surface area contributed by atoms with Gasteiger partial charge in [-0.1, -0.05) is 26.8 Å². The molecule has 0 fully saturated rings. The topological polar surface area (TPSA) is 45.2 Å². The molecule has 0 atom stereocenters. The van der Waals surface area contributed by atoms with Crippen LogP contribution in [0.1, 0.15) is 27.2 Å². The molecule has 18 heavy (non-hydrogen) atoms. The molecule has 1 heterocycles. The normalized spacial score (nSPS) is 11.7. The monoisotopic (exact) mass is 244 g/mol. The summed E-state index contributed by atoms with van der Waals surface area (Å²) in [6.45, 7) is 7.54. The van der Waals surface area contributed by atoms with Crippen LogP contribution in [-0.4, -0.2) is 16.6 Å². The Balaban J connectivity index is 2.20. The van der Waals surface area contributed by atoms with E-state index in [-0.39, 0.29) is 5.75 Å². The molecule has 2 aromatic rings. The molecule has 0 aliphatic carbocycles. The molecule has 3 heteroatoms. The van der Waals surface area contributed by atoms with Gasteiger partial charge in [0, 0.05) is 18.1 Å². The predicted molar refractivity (Wildman–Crippen MR) is 76.0 cm³/mol. The average molecular weight is 244 g/mol. The van der Waals surface area contributed by atoms with Gasteiger partial charge in [0.05, 0.1) is 0 Å². The highest BCUT2D eigenvalue weighted by atomic mass is 16.3. The van der Waals surface area contributed by atoms with Crippen LogP contribution >= 0.6 is 0 Å². The Kier molecular flexibility index (Phi) is 3.41. The number of pyridine rings is 1. The van der Waals surface area contributed by atoms with Crippen LogP contribution in [0.2, 0.25) is 0 Å². The lowest BCUT2D eigenvalue weighted by Crippen LogP contribution is -2.13. The van der Waals surface area contributed by atoms with E-state index < -0.39 is 0 Å². The van der Waals surface area contributed by atoms with Crippen molar-refractivity contribution in [1.29, 1.82) is 0 Å². The molecule has 2 rings (SSSR count). The van der Waals surface area contributed by atoms with Crippen LogP contribution in [0.25, 0.3) is 10.8 Å². The van der Waals surface area contributed by atoms with Gasteiger partial charge in [0.1, 0.15) is 11.6 Å². The summed E-state index contributed by atoms with van der Waals surface area (Å²) in [5.74, 6) is 1.11. The number of fused-ring (bicyclic) bond motifs is 1. The third kappa shape index (κ3) is 3.13. The fraction of sp³-hybridized carbons (Fsp3) is 0.400. The van der Waals surface area contributed by atoms with Crippen LogP contribution in [0, 0.1) is 5.41 Å². The summed E-state index contributed by atoms with van der Waals surface area (Å²) in [5, 5.41) is 15.0. The van der Waals surface area contributed by atoms with Crippen LogP contribution in [-0.2, 0) is 0 Å². The number of nitrogens with zero attached hydrogens (tertiary/aromatic N) is 1. The van der Waals surface area contributed by atoms with Crippen molar-refractivity contribution in [2.75, 3.05) is 11.9 Å². The molecule has 0 aliphatic rings. The highest BCUT2D eigenvalue weighted by Gasteiger charge is 2.10. The highest BCUT2D eigenvalue weighted by molar-refractivity contribution is 5.92. The van der Waals surface area contributed by atoms with Crippen molar-refractivity contribution in [3.05, 3.63) is 30.5 Å². The minimum Gasteiger partial charge on any atom is -0.508 e. The Hall–Kier alpha value is -1.77. The van der Waals surface area contributed by atoms with Gasteiger partial charge in [0.2, 0.25) is 0 Å². The van der Waals surface area contributed by atoms with Crippen molar-refractivity contribution in [3.63, 3.8) is 0 Å². The van der Waals surface area contributed by atoms with Crippen molar-refractivity contribution >= 4 is 16.6 Å². The maximum Gasteiger partial charge on any atom is 0.133 e. The molecule has 0 amide bonds. The van der Waals surface area contributed by atoms with Gasteiger partial charge in [-0.3, -0.25) is 0 Å². The van der Waals surface area contributed by atoms with Crippen molar-refractivity contribution in [3.8, 4) is 5.75 Å². The van der Waals surface area contributed by atoms with Gasteiger partial charge < -0.3 is 10.4 Å². The zero-order chi connectivity index (χ0) is 13.2. The summed E-state index contributed by atoms with van der Waals surface area (Å²) in [6, 6.07) is 7.30. The molecule has 0 bridgehead atoms.